The third-order valence-electron chi connectivity index (χ3n) is 7.65. The molecular weight excluding hydrogens is 538 g/mol. The van der Waals surface area contributed by atoms with Crippen molar-refractivity contribution < 1.29 is 22.4 Å². The minimum absolute atomic E-state index is 0.137. The molecule has 0 spiro atoms. The number of pyridine rings is 1. The Hall–Kier alpha value is -4.22. The molecule has 1 atom stereocenters. The molecule has 41 heavy (non-hydrogen) atoms. The van der Waals surface area contributed by atoms with Gasteiger partial charge in [-0.1, -0.05) is 0 Å². The molecule has 1 amide bonds. The second-order valence-corrected chi connectivity index (χ2v) is 11.0. The molecule has 2 fully saturated rings. The highest BCUT2D eigenvalue weighted by atomic mass is 19.4. The van der Waals surface area contributed by atoms with Crippen LogP contribution >= 0.6 is 0 Å². The minimum Gasteiger partial charge on any atom is -0.343 e. The van der Waals surface area contributed by atoms with E-state index >= 15 is 0 Å². The van der Waals surface area contributed by atoms with Crippen LogP contribution in [0.4, 0.5) is 17.6 Å². The van der Waals surface area contributed by atoms with E-state index in [1.54, 1.807) is 35.9 Å². The van der Waals surface area contributed by atoms with Gasteiger partial charge >= 0.3 is 6.18 Å². The molecule has 2 saturated carbocycles. The average Bonchev–Trinajstić information content (AvgIpc) is 3.85. The zero-order chi connectivity index (χ0) is 29.1. The van der Waals surface area contributed by atoms with Gasteiger partial charge in [-0.3, -0.25) is 19.9 Å². The van der Waals surface area contributed by atoms with E-state index in [1.165, 1.54) is 19.3 Å². The third kappa shape index (κ3) is 5.55. The summed E-state index contributed by atoms with van der Waals surface area (Å²) >= 11 is 0. The van der Waals surface area contributed by atoms with Gasteiger partial charge in [0.1, 0.15) is 5.82 Å². The first-order valence-electron chi connectivity index (χ1n) is 13.5. The van der Waals surface area contributed by atoms with Gasteiger partial charge in [-0.05, 0) is 79.5 Å². The number of carbonyl (C=O) groups is 1. The Balaban J connectivity index is 1.39. The van der Waals surface area contributed by atoms with Gasteiger partial charge in [0.05, 0.1) is 24.5 Å². The van der Waals surface area contributed by atoms with Crippen LogP contribution in [0, 0.1) is 24.1 Å². The predicted molar refractivity (Wildman–Crippen MR) is 141 cm³/mol. The summed E-state index contributed by atoms with van der Waals surface area (Å²) in [7, 11) is 1.41. The standard InChI is InChI=1S/C29H29F4N7O/c1-16-9-24(35-13-23(16)30)25(18-3-4-18)36-27(41)20-11-17(14-39-7-8-40(28(39)34)21-5-6-21)10-19(12-20)22-15-38(2)37-26(22)29(31,32)33/h7-13,15,18,21,25,34H,3-6,14H2,1-2H3,(H,36,41). The summed E-state index contributed by atoms with van der Waals surface area (Å²) in [6.07, 6.45) is 5.09. The summed E-state index contributed by atoms with van der Waals surface area (Å²) in [5.41, 5.74) is 0.989. The van der Waals surface area contributed by atoms with E-state index in [4.69, 9.17) is 5.41 Å². The van der Waals surface area contributed by atoms with E-state index in [9.17, 15) is 22.4 Å². The molecule has 6 rings (SSSR count). The Morgan fingerprint density at radius 1 is 1.15 bits per heavy atom. The van der Waals surface area contributed by atoms with Crippen LogP contribution in [0.2, 0.25) is 0 Å². The van der Waals surface area contributed by atoms with Gasteiger partial charge in [-0.15, -0.1) is 0 Å². The number of halogens is 4. The summed E-state index contributed by atoms with van der Waals surface area (Å²) in [5, 5.41) is 15.2. The first-order chi connectivity index (χ1) is 19.5. The topological polar surface area (TPSA) is 93.5 Å². The molecule has 3 heterocycles. The fraction of sp³-hybridized carbons (Fsp3) is 0.379. The number of imidazole rings is 1. The maximum Gasteiger partial charge on any atom is 0.435 e. The third-order valence-corrected chi connectivity index (χ3v) is 7.65. The van der Waals surface area contributed by atoms with Gasteiger partial charge in [-0.2, -0.15) is 18.3 Å². The number of carbonyl (C=O) groups excluding carboxylic acids is 1. The van der Waals surface area contributed by atoms with Gasteiger partial charge in [0.2, 0.25) is 5.62 Å². The van der Waals surface area contributed by atoms with Crippen molar-refractivity contribution in [2.45, 2.75) is 57.4 Å². The van der Waals surface area contributed by atoms with Crippen LogP contribution in [0.15, 0.2) is 49.1 Å². The molecule has 1 aromatic carbocycles. The van der Waals surface area contributed by atoms with Gasteiger partial charge in [0.25, 0.3) is 5.91 Å². The van der Waals surface area contributed by atoms with Crippen molar-refractivity contribution in [1.29, 1.82) is 5.41 Å². The molecule has 0 saturated heterocycles. The fourth-order valence-corrected chi connectivity index (χ4v) is 5.21. The molecule has 2 N–H and O–H groups in total. The van der Waals surface area contributed by atoms with Crippen LogP contribution in [-0.2, 0) is 19.8 Å². The summed E-state index contributed by atoms with van der Waals surface area (Å²) in [5.74, 6) is -0.777. The van der Waals surface area contributed by atoms with Crippen molar-refractivity contribution in [3.63, 3.8) is 0 Å². The maximum absolute atomic E-state index is 13.9. The second kappa shape index (κ2) is 10.0. The fourth-order valence-electron chi connectivity index (χ4n) is 5.21. The molecule has 4 aromatic rings. The maximum atomic E-state index is 13.9. The van der Waals surface area contributed by atoms with Crippen LogP contribution in [-0.4, -0.2) is 29.8 Å². The van der Waals surface area contributed by atoms with Crippen LogP contribution in [0.25, 0.3) is 11.1 Å². The van der Waals surface area contributed by atoms with Crippen molar-refractivity contribution in [3.05, 3.63) is 88.6 Å². The SMILES string of the molecule is Cc1cc(C(NC(=O)c2cc(Cn3ccn(C4CC4)c3=N)cc(-c3cn(C)nc3C(F)(F)F)c2)C2CC2)ncc1F. The molecule has 0 bridgehead atoms. The molecule has 8 nitrogen and oxygen atoms in total. The van der Waals surface area contributed by atoms with Crippen molar-refractivity contribution in [3.8, 4) is 11.1 Å². The molecule has 2 aliphatic carbocycles. The van der Waals surface area contributed by atoms with Crippen molar-refractivity contribution >= 4 is 5.91 Å². The number of benzene rings is 1. The lowest BCUT2D eigenvalue weighted by molar-refractivity contribution is -0.140. The zero-order valence-corrected chi connectivity index (χ0v) is 22.5. The number of alkyl halides is 3. The summed E-state index contributed by atoms with van der Waals surface area (Å²) in [4.78, 5) is 17.9. The Morgan fingerprint density at radius 3 is 2.56 bits per heavy atom. The number of nitrogens with zero attached hydrogens (tertiary/aromatic N) is 5. The Kier molecular flexibility index (Phi) is 6.58. The Bertz CT molecular complexity index is 1690. The number of amides is 1. The normalized spacial score (nSPS) is 16.1. The molecule has 1 unspecified atom stereocenters. The average molecular weight is 568 g/mol. The van der Waals surface area contributed by atoms with E-state index in [1.807, 2.05) is 10.8 Å². The molecular formula is C29H29F4N7O. The summed E-state index contributed by atoms with van der Waals surface area (Å²) < 4.78 is 60.2. The van der Waals surface area contributed by atoms with Crippen molar-refractivity contribution in [1.82, 2.24) is 29.2 Å². The molecule has 0 radical (unpaired) electrons. The van der Waals surface area contributed by atoms with Gasteiger partial charge < -0.3 is 14.5 Å². The van der Waals surface area contributed by atoms with Crippen LogP contribution < -0.4 is 10.9 Å². The summed E-state index contributed by atoms with van der Waals surface area (Å²) in [6, 6.07) is 6.12. The predicted octanol–water partition coefficient (Wildman–Crippen LogP) is 5.30. The zero-order valence-electron chi connectivity index (χ0n) is 22.5. The second-order valence-electron chi connectivity index (χ2n) is 11.0. The smallest absolute Gasteiger partial charge is 0.343 e. The van der Waals surface area contributed by atoms with Gasteiger partial charge in [0, 0.05) is 42.8 Å². The highest BCUT2D eigenvalue weighted by Crippen LogP contribution is 2.41. The quantitative estimate of drug-likeness (QED) is 0.283. The first kappa shape index (κ1) is 27.0. The monoisotopic (exact) mass is 567 g/mol. The highest BCUT2D eigenvalue weighted by Gasteiger charge is 2.38. The number of hydrogen-bond donors (Lipinski definition) is 2. The lowest BCUT2D eigenvalue weighted by atomic mass is 9.98. The van der Waals surface area contributed by atoms with Crippen molar-refractivity contribution in [2.75, 3.05) is 0 Å². The minimum atomic E-state index is -4.69. The van der Waals surface area contributed by atoms with E-state index in [0.29, 0.717) is 22.9 Å². The number of hydrogen-bond acceptors (Lipinski definition) is 4. The summed E-state index contributed by atoms with van der Waals surface area (Å²) in [6.45, 7) is 1.82. The Labute approximate surface area is 233 Å². The van der Waals surface area contributed by atoms with E-state index in [-0.39, 0.29) is 34.8 Å². The molecule has 0 aliphatic heterocycles. The van der Waals surface area contributed by atoms with E-state index in [0.717, 1.165) is 36.6 Å². The molecule has 3 aromatic heterocycles. The van der Waals surface area contributed by atoms with Crippen LogP contribution in [0.5, 0.6) is 0 Å². The molecule has 12 heteroatoms. The highest BCUT2D eigenvalue weighted by molar-refractivity contribution is 5.96. The van der Waals surface area contributed by atoms with Crippen molar-refractivity contribution in [2.24, 2.45) is 13.0 Å². The van der Waals surface area contributed by atoms with Crippen LogP contribution in [0.1, 0.15) is 70.6 Å². The number of aromatic nitrogens is 5. The number of rotatable bonds is 8. The lowest BCUT2D eigenvalue weighted by Crippen LogP contribution is -2.31. The molecule has 214 valence electrons. The van der Waals surface area contributed by atoms with Crippen LogP contribution in [0.3, 0.4) is 0 Å². The number of nitrogens with one attached hydrogen (secondary N) is 2. The largest absolute Gasteiger partial charge is 0.435 e. The van der Waals surface area contributed by atoms with E-state index < -0.39 is 29.6 Å². The Morgan fingerprint density at radius 2 is 1.90 bits per heavy atom. The first-order valence-corrected chi connectivity index (χ1v) is 13.5. The van der Waals surface area contributed by atoms with Gasteiger partial charge in [0.15, 0.2) is 5.69 Å². The molecule has 2 aliphatic rings. The number of aryl methyl sites for hydroxylation is 2. The van der Waals surface area contributed by atoms with Gasteiger partial charge in [-0.25, -0.2) is 4.39 Å². The lowest BCUT2D eigenvalue weighted by Gasteiger charge is -2.19. The van der Waals surface area contributed by atoms with E-state index in [2.05, 4.69) is 15.4 Å².